The van der Waals surface area contributed by atoms with Crippen molar-refractivity contribution in [2.75, 3.05) is 13.1 Å². The fraction of sp³-hybridized carbons (Fsp3) is 0.273. The molecule has 0 heterocycles. The minimum Gasteiger partial charge on any atom is -0.326 e. The maximum absolute atomic E-state index is 12.0. The van der Waals surface area contributed by atoms with Gasteiger partial charge in [0.1, 0.15) is 6.54 Å². The van der Waals surface area contributed by atoms with Crippen LogP contribution >= 0.6 is 31.9 Å². The van der Waals surface area contributed by atoms with Crippen molar-refractivity contribution in [2.24, 2.45) is 0 Å². The van der Waals surface area contributed by atoms with Gasteiger partial charge >= 0.3 is 0 Å². The smallest absolute Gasteiger partial charge is 0.255 e. The Bertz CT molecular complexity index is 440. The highest BCUT2D eigenvalue weighted by molar-refractivity contribution is 9.11. The van der Waals surface area contributed by atoms with E-state index in [1.165, 1.54) is 4.90 Å². The molecule has 1 rings (SSSR count). The number of hydrogen-bond donors (Lipinski definition) is 0. The Morgan fingerprint density at radius 2 is 2.19 bits per heavy atom. The molecule has 0 atom stereocenters. The Morgan fingerprint density at radius 3 is 2.69 bits per heavy atom. The van der Waals surface area contributed by atoms with Gasteiger partial charge in [0, 0.05) is 15.5 Å². The lowest BCUT2D eigenvalue weighted by Crippen LogP contribution is -2.31. The zero-order valence-corrected chi connectivity index (χ0v) is 11.9. The number of nitrogens with zero attached hydrogens (tertiary/aromatic N) is 2. The topological polar surface area (TPSA) is 44.1 Å². The molecule has 0 fully saturated rings. The lowest BCUT2D eigenvalue weighted by atomic mass is 10.2. The van der Waals surface area contributed by atoms with Gasteiger partial charge in [0.15, 0.2) is 0 Å². The fourth-order valence-corrected chi connectivity index (χ4v) is 2.46. The number of hydrogen-bond acceptors (Lipinski definition) is 2. The van der Waals surface area contributed by atoms with Gasteiger partial charge in [-0.1, -0.05) is 15.9 Å². The molecule has 1 aromatic carbocycles. The van der Waals surface area contributed by atoms with E-state index < -0.39 is 0 Å². The predicted octanol–water partition coefficient (Wildman–Crippen LogP) is 3.20. The molecular formula is C11H10Br2N2O. The number of halogens is 2. The van der Waals surface area contributed by atoms with Crippen molar-refractivity contribution in [2.45, 2.75) is 6.92 Å². The van der Waals surface area contributed by atoms with Gasteiger partial charge in [-0.3, -0.25) is 4.79 Å². The number of amides is 1. The van der Waals surface area contributed by atoms with E-state index in [0.29, 0.717) is 12.1 Å². The average molecular weight is 346 g/mol. The van der Waals surface area contributed by atoms with Gasteiger partial charge in [-0.15, -0.1) is 0 Å². The molecule has 1 aromatic rings. The zero-order chi connectivity index (χ0) is 12.1. The summed E-state index contributed by atoms with van der Waals surface area (Å²) >= 11 is 6.66. The van der Waals surface area contributed by atoms with Crippen molar-refractivity contribution in [1.29, 1.82) is 5.26 Å². The summed E-state index contributed by atoms with van der Waals surface area (Å²) in [7, 11) is 0. The summed E-state index contributed by atoms with van der Waals surface area (Å²) in [5.41, 5.74) is 0.570. The molecule has 1 amide bonds. The van der Waals surface area contributed by atoms with Gasteiger partial charge < -0.3 is 4.90 Å². The van der Waals surface area contributed by atoms with Crippen molar-refractivity contribution in [3.63, 3.8) is 0 Å². The molecule has 5 heteroatoms. The van der Waals surface area contributed by atoms with Gasteiger partial charge in [-0.25, -0.2) is 0 Å². The second-order valence-corrected chi connectivity index (χ2v) is 4.87. The van der Waals surface area contributed by atoms with Crippen LogP contribution in [-0.4, -0.2) is 23.9 Å². The van der Waals surface area contributed by atoms with E-state index in [9.17, 15) is 4.79 Å². The standard InChI is InChI=1S/C11H10Br2N2O/c1-2-15(6-5-14)11(16)9-4-3-8(12)7-10(9)13/h3-4,7H,2,6H2,1H3. The van der Waals surface area contributed by atoms with E-state index in [-0.39, 0.29) is 12.5 Å². The Kier molecular flexibility index (Phi) is 4.97. The molecule has 0 aromatic heterocycles. The molecule has 0 N–H and O–H groups in total. The number of benzene rings is 1. The van der Waals surface area contributed by atoms with E-state index in [0.717, 1.165) is 8.95 Å². The summed E-state index contributed by atoms with van der Waals surface area (Å²) in [6.45, 7) is 2.48. The van der Waals surface area contributed by atoms with Crippen molar-refractivity contribution < 1.29 is 4.79 Å². The molecule has 0 aliphatic carbocycles. The third kappa shape index (κ3) is 3.06. The lowest BCUT2D eigenvalue weighted by molar-refractivity contribution is 0.0783. The fourth-order valence-electron chi connectivity index (χ4n) is 1.25. The average Bonchev–Trinajstić information content (AvgIpc) is 2.25. The zero-order valence-electron chi connectivity index (χ0n) is 8.70. The van der Waals surface area contributed by atoms with Crippen LogP contribution in [0.5, 0.6) is 0 Å². The summed E-state index contributed by atoms with van der Waals surface area (Å²) in [4.78, 5) is 13.5. The molecule has 84 valence electrons. The third-order valence-electron chi connectivity index (χ3n) is 2.09. The maximum Gasteiger partial charge on any atom is 0.255 e. The molecule has 0 aliphatic rings. The van der Waals surface area contributed by atoms with E-state index in [2.05, 4.69) is 31.9 Å². The highest BCUT2D eigenvalue weighted by Gasteiger charge is 2.16. The molecule has 0 unspecified atom stereocenters. The van der Waals surface area contributed by atoms with E-state index in [1.807, 2.05) is 19.1 Å². The van der Waals surface area contributed by atoms with Crippen LogP contribution in [-0.2, 0) is 0 Å². The van der Waals surface area contributed by atoms with Crippen LogP contribution in [0.3, 0.4) is 0 Å². The van der Waals surface area contributed by atoms with Crippen LogP contribution in [0.2, 0.25) is 0 Å². The first-order valence-electron chi connectivity index (χ1n) is 4.71. The van der Waals surface area contributed by atoms with E-state index in [1.54, 1.807) is 12.1 Å². The summed E-state index contributed by atoms with van der Waals surface area (Å²) in [6.07, 6.45) is 0. The first kappa shape index (κ1) is 13.2. The lowest BCUT2D eigenvalue weighted by Gasteiger charge is -2.17. The second-order valence-electron chi connectivity index (χ2n) is 3.10. The van der Waals surface area contributed by atoms with Crippen LogP contribution in [0.15, 0.2) is 27.1 Å². The van der Waals surface area contributed by atoms with Crippen molar-refractivity contribution >= 4 is 37.8 Å². The van der Waals surface area contributed by atoms with Gasteiger partial charge in [0.25, 0.3) is 5.91 Å². The molecular weight excluding hydrogens is 336 g/mol. The SMILES string of the molecule is CCN(CC#N)C(=O)c1ccc(Br)cc1Br. The molecule has 0 bridgehead atoms. The maximum atomic E-state index is 12.0. The molecule has 0 spiro atoms. The molecule has 0 saturated carbocycles. The summed E-state index contributed by atoms with van der Waals surface area (Å²) in [5, 5.41) is 8.61. The van der Waals surface area contributed by atoms with Crippen molar-refractivity contribution in [3.8, 4) is 6.07 Å². The molecule has 3 nitrogen and oxygen atoms in total. The molecule has 0 aliphatic heterocycles. The largest absolute Gasteiger partial charge is 0.326 e. The van der Waals surface area contributed by atoms with Crippen LogP contribution in [0.4, 0.5) is 0 Å². The molecule has 16 heavy (non-hydrogen) atoms. The third-order valence-corrected chi connectivity index (χ3v) is 3.24. The van der Waals surface area contributed by atoms with Crippen LogP contribution in [0.1, 0.15) is 17.3 Å². The quantitative estimate of drug-likeness (QED) is 0.789. The minimum atomic E-state index is -0.136. The minimum absolute atomic E-state index is 0.109. The van der Waals surface area contributed by atoms with Gasteiger partial charge in [-0.2, -0.15) is 5.26 Å². The number of rotatable bonds is 3. The Morgan fingerprint density at radius 1 is 1.50 bits per heavy atom. The Balaban J connectivity index is 3.00. The van der Waals surface area contributed by atoms with E-state index in [4.69, 9.17) is 5.26 Å². The Hall–Kier alpha value is -0.860. The Labute approximate surface area is 111 Å². The van der Waals surface area contributed by atoms with Crippen LogP contribution in [0, 0.1) is 11.3 Å². The van der Waals surface area contributed by atoms with Crippen LogP contribution in [0.25, 0.3) is 0 Å². The second kappa shape index (κ2) is 6.02. The van der Waals surface area contributed by atoms with Gasteiger partial charge in [0.05, 0.1) is 11.6 Å². The molecule has 0 saturated heterocycles. The van der Waals surface area contributed by atoms with Crippen LogP contribution < -0.4 is 0 Å². The van der Waals surface area contributed by atoms with Crippen molar-refractivity contribution in [1.82, 2.24) is 4.90 Å². The summed E-state index contributed by atoms with van der Waals surface area (Å²) in [5.74, 6) is -0.136. The van der Waals surface area contributed by atoms with Gasteiger partial charge in [-0.05, 0) is 41.1 Å². The van der Waals surface area contributed by atoms with E-state index >= 15 is 0 Å². The highest BCUT2D eigenvalue weighted by Crippen LogP contribution is 2.23. The van der Waals surface area contributed by atoms with Crippen molar-refractivity contribution in [3.05, 3.63) is 32.7 Å². The summed E-state index contributed by atoms with van der Waals surface area (Å²) in [6, 6.07) is 7.33. The number of carbonyl (C=O) groups excluding carboxylic acids is 1. The normalized spacial score (nSPS) is 9.62. The van der Waals surface area contributed by atoms with Gasteiger partial charge in [0.2, 0.25) is 0 Å². The monoisotopic (exact) mass is 344 g/mol. The number of carbonyl (C=O) groups is 1. The predicted molar refractivity (Wildman–Crippen MR) is 69.0 cm³/mol. The first-order chi connectivity index (χ1) is 7.60. The summed E-state index contributed by atoms with van der Waals surface area (Å²) < 4.78 is 1.63. The first-order valence-corrected chi connectivity index (χ1v) is 6.30. The number of nitriles is 1. The molecule has 0 radical (unpaired) electrons. The highest BCUT2D eigenvalue weighted by atomic mass is 79.9.